The van der Waals surface area contributed by atoms with Crippen molar-refractivity contribution in [2.45, 2.75) is 25.7 Å². The summed E-state index contributed by atoms with van der Waals surface area (Å²) in [5.74, 6) is -2.21. The van der Waals surface area contributed by atoms with Crippen molar-refractivity contribution in [2.75, 3.05) is 0 Å². The second-order valence-electron chi connectivity index (χ2n) is 6.18. The van der Waals surface area contributed by atoms with Crippen LogP contribution in [0.5, 0.6) is 0 Å². The maximum Gasteiger partial charge on any atom is 0.416 e. The van der Waals surface area contributed by atoms with E-state index < -0.39 is 35.3 Å². The third-order valence-corrected chi connectivity index (χ3v) is 3.99. The molecule has 29 heavy (non-hydrogen) atoms. The van der Waals surface area contributed by atoms with E-state index in [4.69, 9.17) is 0 Å². The molecule has 6 nitrogen and oxygen atoms in total. The minimum Gasteiger partial charge on any atom is -0.348 e. The number of nitrogens with one attached hydrogen (secondary N) is 1. The lowest BCUT2D eigenvalue weighted by Crippen LogP contribution is -2.31. The molecule has 0 radical (unpaired) electrons. The van der Waals surface area contributed by atoms with Gasteiger partial charge in [-0.2, -0.15) is 18.0 Å². The number of nitrogens with zero attached hydrogens (tertiary/aromatic N) is 4. The van der Waals surface area contributed by atoms with Gasteiger partial charge in [0.25, 0.3) is 0 Å². The number of halogens is 5. The second kappa shape index (κ2) is 7.94. The summed E-state index contributed by atoms with van der Waals surface area (Å²) in [6.45, 7) is 1.12. The fourth-order valence-electron chi connectivity index (χ4n) is 2.61. The number of carbonyl (C=O) groups is 1. The molecular weight excluding hydrogens is 397 g/mol. The van der Waals surface area contributed by atoms with Crippen molar-refractivity contribution in [2.24, 2.45) is 0 Å². The molecule has 0 spiro atoms. The molecule has 1 amide bonds. The molecule has 3 aromatic rings. The lowest BCUT2D eigenvalue weighted by Gasteiger charge is -2.14. The van der Waals surface area contributed by atoms with Crippen LogP contribution in [0.25, 0.3) is 11.4 Å². The predicted octanol–water partition coefficient (Wildman–Crippen LogP) is 3.51. The molecule has 0 aliphatic rings. The molecule has 11 heteroatoms. The Morgan fingerprint density at radius 2 is 1.93 bits per heavy atom. The van der Waals surface area contributed by atoms with Crippen LogP contribution in [0.15, 0.2) is 42.5 Å². The summed E-state index contributed by atoms with van der Waals surface area (Å²) in [6, 6.07) is 6.63. The van der Waals surface area contributed by atoms with Gasteiger partial charge < -0.3 is 5.32 Å². The second-order valence-corrected chi connectivity index (χ2v) is 6.18. The van der Waals surface area contributed by atoms with Gasteiger partial charge in [-0.3, -0.25) is 4.79 Å². The Labute approximate surface area is 161 Å². The molecule has 1 atom stereocenters. The molecule has 0 fully saturated rings. The van der Waals surface area contributed by atoms with E-state index in [9.17, 15) is 26.7 Å². The molecule has 0 unspecified atom stereocenters. The van der Waals surface area contributed by atoms with Crippen molar-refractivity contribution in [3.8, 4) is 11.4 Å². The van der Waals surface area contributed by atoms with E-state index in [0.29, 0.717) is 6.07 Å². The number of alkyl halides is 3. The van der Waals surface area contributed by atoms with Gasteiger partial charge in [0.1, 0.15) is 18.2 Å². The number of hydrogen-bond acceptors (Lipinski definition) is 4. The average molecular weight is 411 g/mol. The van der Waals surface area contributed by atoms with Gasteiger partial charge in [0.2, 0.25) is 11.7 Å². The normalized spacial score (nSPS) is 12.6. The molecule has 2 aromatic carbocycles. The van der Waals surface area contributed by atoms with Crippen LogP contribution in [0.4, 0.5) is 22.0 Å². The van der Waals surface area contributed by atoms with Gasteiger partial charge in [-0.15, -0.1) is 10.2 Å². The third-order valence-electron chi connectivity index (χ3n) is 3.99. The van der Waals surface area contributed by atoms with Gasteiger partial charge in [0.15, 0.2) is 0 Å². The molecule has 0 saturated carbocycles. The van der Waals surface area contributed by atoms with Crippen molar-refractivity contribution in [1.82, 2.24) is 25.5 Å². The Balaban J connectivity index is 1.68. The van der Waals surface area contributed by atoms with Gasteiger partial charge in [0.05, 0.1) is 11.6 Å². The molecule has 152 valence electrons. The number of hydrogen-bond donors (Lipinski definition) is 1. The van der Waals surface area contributed by atoms with E-state index in [1.165, 1.54) is 25.1 Å². The fourth-order valence-corrected chi connectivity index (χ4v) is 2.61. The smallest absolute Gasteiger partial charge is 0.348 e. The SMILES string of the molecule is C[C@@H](NC(=O)Cn1nnc(-c2cccc(C(F)(F)F)c2)n1)c1ccc(F)cc1F. The first kappa shape index (κ1) is 20.4. The molecule has 0 aliphatic carbocycles. The molecule has 0 saturated heterocycles. The summed E-state index contributed by atoms with van der Waals surface area (Å²) >= 11 is 0. The van der Waals surface area contributed by atoms with Crippen LogP contribution < -0.4 is 5.32 Å². The maximum atomic E-state index is 13.8. The van der Waals surface area contributed by atoms with Gasteiger partial charge in [-0.25, -0.2) is 8.78 Å². The van der Waals surface area contributed by atoms with E-state index >= 15 is 0 Å². The molecule has 1 aromatic heterocycles. The van der Waals surface area contributed by atoms with E-state index in [2.05, 4.69) is 20.7 Å². The minimum absolute atomic E-state index is 0.0819. The van der Waals surface area contributed by atoms with Crippen LogP contribution in [0.2, 0.25) is 0 Å². The summed E-state index contributed by atoms with van der Waals surface area (Å²) < 4.78 is 65.2. The molecule has 1 heterocycles. The summed E-state index contributed by atoms with van der Waals surface area (Å²) in [4.78, 5) is 13.0. The van der Waals surface area contributed by atoms with Crippen LogP contribution in [-0.2, 0) is 17.5 Å². The van der Waals surface area contributed by atoms with Crippen molar-refractivity contribution in [1.29, 1.82) is 0 Å². The van der Waals surface area contributed by atoms with Crippen LogP contribution in [0.1, 0.15) is 24.1 Å². The predicted molar refractivity (Wildman–Crippen MR) is 91.2 cm³/mol. The van der Waals surface area contributed by atoms with E-state index in [-0.39, 0.29) is 23.5 Å². The Bertz CT molecular complexity index is 1030. The third kappa shape index (κ3) is 4.92. The highest BCUT2D eigenvalue weighted by Crippen LogP contribution is 2.31. The highest BCUT2D eigenvalue weighted by Gasteiger charge is 2.30. The zero-order valence-corrected chi connectivity index (χ0v) is 14.9. The largest absolute Gasteiger partial charge is 0.416 e. The first-order chi connectivity index (χ1) is 13.6. The number of tetrazole rings is 1. The lowest BCUT2D eigenvalue weighted by atomic mass is 10.1. The first-order valence-corrected chi connectivity index (χ1v) is 8.33. The number of amides is 1. The highest BCUT2D eigenvalue weighted by atomic mass is 19.4. The van der Waals surface area contributed by atoms with Crippen molar-refractivity contribution >= 4 is 5.91 Å². The van der Waals surface area contributed by atoms with Gasteiger partial charge in [-0.1, -0.05) is 18.2 Å². The van der Waals surface area contributed by atoms with Gasteiger partial charge in [0, 0.05) is 17.2 Å². The average Bonchev–Trinajstić information content (AvgIpc) is 3.09. The molecule has 1 N–H and O–H groups in total. The van der Waals surface area contributed by atoms with Crippen molar-refractivity contribution < 1.29 is 26.7 Å². The van der Waals surface area contributed by atoms with Crippen molar-refractivity contribution in [3.05, 3.63) is 65.2 Å². The summed E-state index contributed by atoms with van der Waals surface area (Å²) in [6.07, 6.45) is -4.52. The zero-order chi connectivity index (χ0) is 21.2. The van der Waals surface area contributed by atoms with E-state index in [0.717, 1.165) is 23.0 Å². The topological polar surface area (TPSA) is 72.7 Å². The van der Waals surface area contributed by atoms with Gasteiger partial charge >= 0.3 is 6.18 Å². The van der Waals surface area contributed by atoms with Crippen molar-refractivity contribution in [3.63, 3.8) is 0 Å². The van der Waals surface area contributed by atoms with Gasteiger partial charge in [-0.05, 0) is 30.3 Å². The van der Waals surface area contributed by atoms with Crippen LogP contribution in [0.3, 0.4) is 0 Å². The zero-order valence-electron chi connectivity index (χ0n) is 14.9. The Morgan fingerprint density at radius 1 is 1.17 bits per heavy atom. The first-order valence-electron chi connectivity index (χ1n) is 8.33. The Morgan fingerprint density at radius 3 is 2.62 bits per heavy atom. The summed E-state index contributed by atoms with van der Waals surface area (Å²) in [5.41, 5.74) is -0.677. The maximum absolute atomic E-state index is 13.8. The number of aromatic nitrogens is 4. The van der Waals surface area contributed by atoms with E-state index in [1.54, 1.807) is 0 Å². The minimum atomic E-state index is -4.52. The van der Waals surface area contributed by atoms with Crippen LogP contribution in [0, 0.1) is 11.6 Å². The highest BCUT2D eigenvalue weighted by molar-refractivity contribution is 5.76. The molecule has 0 aliphatic heterocycles. The van der Waals surface area contributed by atoms with Crippen LogP contribution in [-0.4, -0.2) is 26.1 Å². The number of rotatable bonds is 5. The van der Waals surface area contributed by atoms with E-state index in [1.807, 2.05) is 0 Å². The van der Waals surface area contributed by atoms with Crippen LogP contribution >= 0.6 is 0 Å². The lowest BCUT2D eigenvalue weighted by molar-refractivity contribution is -0.137. The summed E-state index contributed by atoms with van der Waals surface area (Å²) in [7, 11) is 0. The molecular formula is C18H14F5N5O. The fraction of sp³-hybridized carbons (Fsp3) is 0.222. The number of carbonyl (C=O) groups excluding carboxylic acids is 1. The number of benzene rings is 2. The Hall–Kier alpha value is -3.37. The standard InChI is InChI=1S/C18H14F5N5O/c1-10(14-6-5-13(19)8-15(14)20)24-16(29)9-28-26-17(25-27-28)11-3-2-4-12(7-11)18(21,22)23/h2-8,10H,9H2,1H3,(H,24,29)/t10-/m1/s1. The molecule has 3 rings (SSSR count). The quantitative estimate of drug-likeness (QED) is 0.653. The monoisotopic (exact) mass is 411 g/mol. The Kier molecular flexibility index (Phi) is 5.57. The molecule has 0 bridgehead atoms. The summed E-state index contributed by atoms with van der Waals surface area (Å²) in [5, 5.41) is 13.7.